The van der Waals surface area contributed by atoms with E-state index in [0.29, 0.717) is 11.8 Å². The van der Waals surface area contributed by atoms with Crippen LogP contribution in [0.4, 0.5) is 0 Å². The van der Waals surface area contributed by atoms with Gasteiger partial charge in [0.1, 0.15) is 12.2 Å². The monoisotopic (exact) mass is 272 g/mol. The van der Waals surface area contributed by atoms with Crippen LogP contribution in [0, 0.1) is 5.92 Å². The minimum atomic E-state index is 0.0797. The normalized spacial score (nSPS) is 15.0. The molecule has 1 aromatic heterocycles. The summed E-state index contributed by atoms with van der Waals surface area (Å²) in [5, 5.41) is 7.82. The molecule has 1 unspecified atom stereocenters. The van der Waals surface area contributed by atoms with E-state index in [1.807, 2.05) is 4.68 Å². The van der Waals surface area contributed by atoms with Crippen molar-refractivity contribution < 1.29 is 0 Å². The highest BCUT2D eigenvalue weighted by Crippen LogP contribution is 2.16. The maximum Gasteiger partial charge on any atom is 0.140 e. The number of nitrogens with one attached hydrogen (secondary N) is 1. The molecule has 5 heteroatoms. The molecular formula is C13H25ClN4. The second-order valence-corrected chi connectivity index (χ2v) is 5.84. The summed E-state index contributed by atoms with van der Waals surface area (Å²) in [5.74, 6) is 2.25. The summed E-state index contributed by atoms with van der Waals surface area (Å²) in [4.78, 5) is 4.32. The van der Waals surface area contributed by atoms with Crippen molar-refractivity contribution in [3.05, 3.63) is 12.2 Å². The van der Waals surface area contributed by atoms with Crippen LogP contribution in [0.3, 0.4) is 0 Å². The highest BCUT2D eigenvalue weighted by atomic mass is 35.5. The molecule has 0 amide bonds. The van der Waals surface area contributed by atoms with E-state index in [2.05, 4.69) is 43.1 Å². The Kier molecular flexibility index (Phi) is 6.09. The van der Waals surface area contributed by atoms with Gasteiger partial charge in [-0.15, -0.1) is 11.6 Å². The molecule has 18 heavy (non-hydrogen) atoms. The van der Waals surface area contributed by atoms with Crippen LogP contribution in [0.25, 0.3) is 0 Å². The van der Waals surface area contributed by atoms with Gasteiger partial charge in [0.15, 0.2) is 0 Å². The van der Waals surface area contributed by atoms with E-state index in [-0.39, 0.29) is 5.54 Å². The van der Waals surface area contributed by atoms with Gasteiger partial charge in [-0.05, 0) is 25.7 Å². The number of hydrogen-bond acceptors (Lipinski definition) is 3. The van der Waals surface area contributed by atoms with Crippen molar-refractivity contribution >= 4 is 11.6 Å². The smallest absolute Gasteiger partial charge is 0.140 e. The van der Waals surface area contributed by atoms with Gasteiger partial charge < -0.3 is 5.32 Å². The van der Waals surface area contributed by atoms with Gasteiger partial charge in [-0.25, -0.2) is 9.67 Å². The fraction of sp³-hybridized carbons (Fsp3) is 0.846. The number of alkyl halides is 1. The average Bonchev–Trinajstić information content (AvgIpc) is 2.73. The molecule has 0 fully saturated rings. The molecule has 0 aromatic carbocycles. The average molecular weight is 273 g/mol. The van der Waals surface area contributed by atoms with E-state index in [9.17, 15) is 0 Å². The molecule has 1 aromatic rings. The number of halogens is 1. The van der Waals surface area contributed by atoms with Gasteiger partial charge in [-0.2, -0.15) is 5.10 Å². The molecule has 1 atom stereocenters. The molecule has 1 rings (SSSR count). The van der Waals surface area contributed by atoms with Crippen LogP contribution in [-0.4, -0.2) is 26.2 Å². The van der Waals surface area contributed by atoms with Gasteiger partial charge in [0.05, 0.1) is 6.54 Å². The van der Waals surface area contributed by atoms with Crippen LogP contribution in [0.2, 0.25) is 0 Å². The zero-order valence-corrected chi connectivity index (χ0v) is 12.7. The number of hydrogen-bond donors (Lipinski definition) is 1. The fourth-order valence-corrected chi connectivity index (χ4v) is 2.23. The van der Waals surface area contributed by atoms with Crippen molar-refractivity contribution in [3.63, 3.8) is 0 Å². The maximum atomic E-state index is 5.85. The van der Waals surface area contributed by atoms with Crippen LogP contribution in [0.1, 0.15) is 46.4 Å². The zero-order valence-electron chi connectivity index (χ0n) is 11.9. The largest absolute Gasteiger partial charge is 0.305 e. The molecule has 1 N–H and O–H groups in total. The molecule has 0 saturated heterocycles. The van der Waals surface area contributed by atoms with Gasteiger partial charge in [-0.1, -0.05) is 20.8 Å². The summed E-state index contributed by atoms with van der Waals surface area (Å²) in [5.41, 5.74) is 0.0797. The highest BCUT2D eigenvalue weighted by molar-refractivity contribution is 6.17. The Balaban J connectivity index is 2.59. The quantitative estimate of drug-likeness (QED) is 0.740. The SMILES string of the molecule is CCC(C)(CCCl)NCc1ncnn1CC(C)C. The van der Waals surface area contributed by atoms with E-state index in [4.69, 9.17) is 11.6 Å². The molecule has 0 bridgehead atoms. The Morgan fingerprint density at radius 3 is 2.78 bits per heavy atom. The first-order chi connectivity index (χ1) is 8.50. The van der Waals surface area contributed by atoms with Crippen molar-refractivity contribution in [1.82, 2.24) is 20.1 Å². The van der Waals surface area contributed by atoms with Crippen LogP contribution in [0.15, 0.2) is 6.33 Å². The number of rotatable bonds is 8. The Labute approximate surface area is 115 Å². The summed E-state index contributed by atoms with van der Waals surface area (Å²) in [6.45, 7) is 10.4. The first kappa shape index (κ1) is 15.4. The maximum absolute atomic E-state index is 5.85. The van der Waals surface area contributed by atoms with Gasteiger partial charge in [0.25, 0.3) is 0 Å². The molecule has 0 aliphatic carbocycles. The van der Waals surface area contributed by atoms with Crippen LogP contribution < -0.4 is 5.32 Å². The third-order valence-electron chi connectivity index (χ3n) is 3.33. The molecule has 0 aliphatic heterocycles. The Bertz CT molecular complexity index is 351. The lowest BCUT2D eigenvalue weighted by Gasteiger charge is -2.29. The fourth-order valence-electron chi connectivity index (χ4n) is 1.81. The Morgan fingerprint density at radius 2 is 2.22 bits per heavy atom. The molecule has 1 heterocycles. The minimum Gasteiger partial charge on any atom is -0.305 e. The summed E-state index contributed by atoms with van der Waals surface area (Å²) >= 11 is 5.85. The molecule has 0 aliphatic rings. The van der Waals surface area contributed by atoms with Crippen molar-refractivity contribution in [2.45, 2.75) is 59.2 Å². The molecule has 104 valence electrons. The van der Waals surface area contributed by atoms with E-state index < -0.39 is 0 Å². The third kappa shape index (κ3) is 4.58. The molecule has 0 spiro atoms. The predicted octanol–water partition coefficient (Wildman–Crippen LogP) is 2.82. The third-order valence-corrected chi connectivity index (χ3v) is 3.52. The predicted molar refractivity (Wildman–Crippen MR) is 75.7 cm³/mol. The van der Waals surface area contributed by atoms with Crippen LogP contribution in [0.5, 0.6) is 0 Å². The molecule has 4 nitrogen and oxygen atoms in total. The molecule has 0 saturated carbocycles. The number of nitrogens with zero attached hydrogens (tertiary/aromatic N) is 3. The lowest BCUT2D eigenvalue weighted by atomic mass is 9.95. The Hall–Kier alpha value is -0.610. The standard InChI is InChI=1S/C13H25ClN4/c1-5-13(4,6-7-14)16-8-12-15-10-17-18(12)9-11(2)3/h10-11,16H,5-9H2,1-4H3. The van der Waals surface area contributed by atoms with E-state index in [0.717, 1.165) is 31.8 Å². The minimum absolute atomic E-state index is 0.0797. The van der Waals surface area contributed by atoms with Crippen LogP contribution >= 0.6 is 11.6 Å². The number of aromatic nitrogens is 3. The lowest BCUT2D eigenvalue weighted by Crippen LogP contribution is -2.42. The summed E-state index contributed by atoms with van der Waals surface area (Å²) in [7, 11) is 0. The zero-order chi connectivity index (χ0) is 13.6. The summed E-state index contributed by atoms with van der Waals surface area (Å²) < 4.78 is 1.98. The lowest BCUT2D eigenvalue weighted by molar-refractivity contribution is 0.321. The van der Waals surface area contributed by atoms with Gasteiger partial charge in [0.2, 0.25) is 0 Å². The van der Waals surface area contributed by atoms with Crippen molar-refractivity contribution in [2.75, 3.05) is 5.88 Å². The van der Waals surface area contributed by atoms with Crippen molar-refractivity contribution in [1.29, 1.82) is 0 Å². The van der Waals surface area contributed by atoms with E-state index >= 15 is 0 Å². The topological polar surface area (TPSA) is 42.7 Å². The van der Waals surface area contributed by atoms with Gasteiger partial charge in [0, 0.05) is 18.0 Å². The molecule has 0 radical (unpaired) electrons. The first-order valence-electron chi connectivity index (χ1n) is 6.68. The van der Waals surface area contributed by atoms with E-state index in [1.165, 1.54) is 0 Å². The van der Waals surface area contributed by atoms with Crippen molar-refractivity contribution in [2.24, 2.45) is 5.92 Å². The van der Waals surface area contributed by atoms with Gasteiger partial charge >= 0.3 is 0 Å². The Morgan fingerprint density at radius 1 is 1.50 bits per heavy atom. The second kappa shape index (κ2) is 7.10. The van der Waals surface area contributed by atoms with E-state index in [1.54, 1.807) is 6.33 Å². The second-order valence-electron chi connectivity index (χ2n) is 5.46. The summed E-state index contributed by atoms with van der Waals surface area (Å²) in [6, 6.07) is 0. The van der Waals surface area contributed by atoms with Gasteiger partial charge in [-0.3, -0.25) is 0 Å². The summed E-state index contributed by atoms with van der Waals surface area (Å²) in [6.07, 6.45) is 3.64. The highest BCUT2D eigenvalue weighted by Gasteiger charge is 2.21. The van der Waals surface area contributed by atoms with Crippen molar-refractivity contribution in [3.8, 4) is 0 Å². The first-order valence-corrected chi connectivity index (χ1v) is 7.22. The van der Waals surface area contributed by atoms with Crippen LogP contribution in [-0.2, 0) is 13.1 Å². The molecular weight excluding hydrogens is 248 g/mol.